The van der Waals surface area contributed by atoms with Crippen LogP contribution in [0.15, 0.2) is 76.7 Å². The lowest BCUT2D eigenvalue weighted by Crippen LogP contribution is -2.15. The third kappa shape index (κ3) is 6.45. The topological polar surface area (TPSA) is 169 Å². The van der Waals surface area contributed by atoms with Crippen LogP contribution in [0.4, 0.5) is 17.1 Å². The standard InChI is InChI=1S/C22H20N4O8S/c1-33-20-9-5-3-7-17(20)25-35(31,32)21-12-16(26(29)30)10-11-18(21)24-23-13-15-6-2-4-8-19(15)34-14-22(27)28/h2-13,24-25H,14H2,1H3,(H,27,28). The zero-order chi connectivity index (χ0) is 25.4. The number of para-hydroxylation sites is 3. The number of sulfonamides is 1. The molecule has 0 aromatic heterocycles. The first kappa shape index (κ1) is 25.0. The Morgan fingerprint density at radius 1 is 1.09 bits per heavy atom. The lowest BCUT2D eigenvalue weighted by atomic mass is 10.2. The van der Waals surface area contributed by atoms with Gasteiger partial charge in [0.15, 0.2) is 6.61 Å². The van der Waals surface area contributed by atoms with Crippen molar-refractivity contribution in [3.05, 3.63) is 82.4 Å². The van der Waals surface area contributed by atoms with Gasteiger partial charge in [0.25, 0.3) is 15.7 Å². The first-order chi connectivity index (χ1) is 16.7. The molecule has 0 aliphatic rings. The highest BCUT2D eigenvalue weighted by atomic mass is 32.2. The molecule has 0 unspecified atom stereocenters. The van der Waals surface area contributed by atoms with Crippen molar-refractivity contribution in [3.63, 3.8) is 0 Å². The van der Waals surface area contributed by atoms with Crippen LogP contribution in [0.5, 0.6) is 11.5 Å². The molecule has 3 aromatic rings. The van der Waals surface area contributed by atoms with Gasteiger partial charge in [0.2, 0.25) is 0 Å². The van der Waals surface area contributed by atoms with Crippen molar-refractivity contribution in [2.45, 2.75) is 4.90 Å². The van der Waals surface area contributed by atoms with Gasteiger partial charge in [0, 0.05) is 17.7 Å². The Kier molecular flexibility index (Phi) is 7.84. The van der Waals surface area contributed by atoms with E-state index in [9.17, 15) is 23.3 Å². The Morgan fingerprint density at radius 3 is 2.46 bits per heavy atom. The number of rotatable bonds is 11. The SMILES string of the molecule is COc1ccccc1NS(=O)(=O)c1cc([N+](=O)[O-])ccc1NN=Cc1ccccc1OCC(=O)O. The molecule has 0 amide bonds. The first-order valence-electron chi connectivity index (χ1n) is 9.88. The fourth-order valence-corrected chi connectivity index (χ4v) is 4.14. The van der Waals surface area contributed by atoms with Crippen molar-refractivity contribution in [2.75, 3.05) is 23.9 Å². The fourth-order valence-electron chi connectivity index (χ4n) is 2.90. The molecule has 3 rings (SSSR count). The van der Waals surface area contributed by atoms with Gasteiger partial charge >= 0.3 is 5.97 Å². The van der Waals surface area contributed by atoms with Crippen molar-refractivity contribution in [1.29, 1.82) is 0 Å². The highest BCUT2D eigenvalue weighted by Gasteiger charge is 2.23. The van der Waals surface area contributed by atoms with Gasteiger partial charge in [-0.25, -0.2) is 13.2 Å². The number of non-ortho nitro benzene ring substituents is 1. The van der Waals surface area contributed by atoms with Gasteiger partial charge in [-0.05, 0) is 30.3 Å². The van der Waals surface area contributed by atoms with Gasteiger partial charge in [-0.2, -0.15) is 5.10 Å². The molecule has 0 fully saturated rings. The highest BCUT2D eigenvalue weighted by Crippen LogP contribution is 2.31. The molecule has 0 atom stereocenters. The molecule has 0 saturated carbocycles. The van der Waals surface area contributed by atoms with Crippen LogP contribution in [0.1, 0.15) is 5.56 Å². The maximum Gasteiger partial charge on any atom is 0.341 e. The number of nitrogens with one attached hydrogen (secondary N) is 2. The Balaban J connectivity index is 1.93. The molecule has 13 heteroatoms. The van der Waals surface area contributed by atoms with E-state index in [2.05, 4.69) is 15.2 Å². The Morgan fingerprint density at radius 2 is 1.77 bits per heavy atom. The van der Waals surface area contributed by atoms with Crippen LogP contribution in [-0.2, 0) is 14.8 Å². The zero-order valence-electron chi connectivity index (χ0n) is 18.2. The third-order valence-electron chi connectivity index (χ3n) is 4.48. The summed E-state index contributed by atoms with van der Waals surface area (Å²) in [6.45, 7) is -0.558. The highest BCUT2D eigenvalue weighted by molar-refractivity contribution is 7.93. The smallest absolute Gasteiger partial charge is 0.341 e. The Bertz CT molecular complexity index is 1380. The Labute approximate surface area is 200 Å². The van der Waals surface area contributed by atoms with Gasteiger partial charge < -0.3 is 14.6 Å². The number of carboxylic acid groups (broad SMARTS) is 1. The summed E-state index contributed by atoms with van der Waals surface area (Å²) in [5, 5.41) is 24.1. The molecule has 3 aromatic carbocycles. The normalized spacial score (nSPS) is 11.1. The summed E-state index contributed by atoms with van der Waals surface area (Å²) in [7, 11) is -2.94. The van der Waals surface area contributed by atoms with Crippen LogP contribution in [0.3, 0.4) is 0 Å². The number of carboxylic acids is 1. The fraction of sp³-hybridized carbons (Fsp3) is 0.0909. The number of benzene rings is 3. The molecule has 12 nitrogen and oxygen atoms in total. The van der Waals surface area contributed by atoms with Gasteiger partial charge in [0.1, 0.15) is 16.4 Å². The molecule has 3 N–H and O–H groups in total. The average Bonchev–Trinajstić information content (AvgIpc) is 2.83. The summed E-state index contributed by atoms with van der Waals surface area (Å²) in [6, 6.07) is 16.0. The van der Waals surface area contributed by atoms with E-state index in [0.717, 1.165) is 12.1 Å². The lowest BCUT2D eigenvalue weighted by Gasteiger charge is -2.14. The second-order valence-electron chi connectivity index (χ2n) is 6.83. The Hall–Kier alpha value is -4.65. The second kappa shape index (κ2) is 11.0. The van der Waals surface area contributed by atoms with Crippen molar-refractivity contribution in [2.24, 2.45) is 5.10 Å². The molecule has 182 valence electrons. The summed E-state index contributed by atoms with van der Waals surface area (Å²) in [5.74, 6) is -0.653. The van der Waals surface area contributed by atoms with Crippen molar-refractivity contribution in [3.8, 4) is 11.5 Å². The molecular formula is C22H20N4O8S. The number of aliphatic carboxylic acids is 1. The molecule has 35 heavy (non-hydrogen) atoms. The van der Waals surface area contributed by atoms with Crippen LogP contribution in [-0.4, -0.2) is 44.3 Å². The number of hydrogen-bond acceptors (Lipinski definition) is 9. The number of carbonyl (C=O) groups is 1. The number of methoxy groups -OCH3 is 1. The summed E-state index contributed by atoms with van der Waals surface area (Å²) in [6.07, 6.45) is 1.29. The maximum absolute atomic E-state index is 13.1. The van der Waals surface area contributed by atoms with Crippen LogP contribution < -0.4 is 19.6 Å². The minimum absolute atomic E-state index is 0.0433. The largest absolute Gasteiger partial charge is 0.495 e. The van der Waals surface area contributed by atoms with Crippen LogP contribution in [0.2, 0.25) is 0 Å². The quantitative estimate of drug-likeness (QED) is 0.203. The van der Waals surface area contributed by atoms with E-state index in [0.29, 0.717) is 5.56 Å². The van der Waals surface area contributed by atoms with Crippen LogP contribution in [0, 0.1) is 10.1 Å². The van der Waals surface area contributed by atoms with E-state index in [4.69, 9.17) is 14.6 Å². The van der Waals surface area contributed by atoms with E-state index in [1.165, 1.54) is 25.5 Å². The van der Waals surface area contributed by atoms with E-state index in [1.54, 1.807) is 42.5 Å². The third-order valence-corrected chi connectivity index (χ3v) is 5.88. The average molecular weight is 500 g/mol. The number of anilines is 2. The summed E-state index contributed by atoms with van der Waals surface area (Å²) < 4.78 is 39.0. The second-order valence-corrected chi connectivity index (χ2v) is 8.48. The molecule has 0 heterocycles. The van der Waals surface area contributed by atoms with E-state index >= 15 is 0 Å². The van der Waals surface area contributed by atoms with Gasteiger partial charge in [-0.3, -0.25) is 20.3 Å². The number of hydrogen-bond donors (Lipinski definition) is 3. The monoisotopic (exact) mass is 500 g/mol. The lowest BCUT2D eigenvalue weighted by molar-refractivity contribution is -0.385. The van der Waals surface area contributed by atoms with Crippen LogP contribution in [0.25, 0.3) is 0 Å². The summed E-state index contributed by atoms with van der Waals surface area (Å²) >= 11 is 0. The molecule has 0 saturated heterocycles. The predicted molar refractivity (Wildman–Crippen MR) is 128 cm³/mol. The van der Waals surface area contributed by atoms with Gasteiger partial charge in [0.05, 0.1) is 29.6 Å². The molecular weight excluding hydrogens is 480 g/mol. The van der Waals surface area contributed by atoms with Crippen molar-refractivity contribution >= 4 is 39.3 Å². The first-order valence-corrected chi connectivity index (χ1v) is 11.4. The minimum Gasteiger partial charge on any atom is -0.495 e. The maximum atomic E-state index is 13.1. The summed E-state index contributed by atoms with van der Waals surface area (Å²) in [4.78, 5) is 20.9. The molecule has 0 aliphatic heterocycles. The van der Waals surface area contributed by atoms with Gasteiger partial charge in [-0.15, -0.1) is 0 Å². The number of nitro benzene ring substituents is 1. The van der Waals surface area contributed by atoms with Crippen LogP contribution >= 0.6 is 0 Å². The number of hydrazone groups is 1. The predicted octanol–water partition coefficient (Wildman–Crippen LogP) is 3.31. The molecule has 0 aliphatic carbocycles. The van der Waals surface area contributed by atoms with Gasteiger partial charge in [-0.1, -0.05) is 24.3 Å². The van der Waals surface area contributed by atoms with Crippen molar-refractivity contribution < 1.29 is 32.7 Å². The zero-order valence-corrected chi connectivity index (χ0v) is 19.1. The number of nitro groups is 1. The molecule has 0 bridgehead atoms. The molecule has 0 radical (unpaired) electrons. The van der Waals surface area contributed by atoms with E-state index in [-0.39, 0.29) is 22.9 Å². The number of nitrogens with zero attached hydrogens (tertiary/aromatic N) is 2. The van der Waals surface area contributed by atoms with E-state index < -0.39 is 38.1 Å². The summed E-state index contributed by atoms with van der Waals surface area (Å²) in [5.41, 5.74) is 2.64. The minimum atomic E-state index is -4.31. The van der Waals surface area contributed by atoms with E-state index in [1.807, 2.05) is 0 Å². The molecule has 0 spiro atoms. The van der Waals surface area contributed by atoms with Crippen molar-refractivity contribution in [1.82, 2.24) is 0 Å². The number of ether oxygens (including phenoxy) is 2.